The summed E-state index contributed by atoms with van der Waals surface area (Å²) in [5.41, 5.74) is 1.86. The van der Waals surface area contributed by atoms with Gasteiger partial charge in [-0.05, 0) is 30.2 Å². The van der Waals surface area contributed by atoms with Crippen LogP contribution in [0.1, 0.15) is 26.5 Å². The number of fused-ring (bicyclic) bond motifs is 1. The van der Waals surface area contributed by atoms with E-state index in [1.807, 2.05) is 6.07 Å². The second-order valence-corrected chi connectivity index (χ2v) is 6.42. The van der Waals surface area contributed by atoms with Gasteiger partial charge in [0.2, 0.25) is 5.91 Å². The Hall–Kier alpha value is -2.25. The molecule has 1 aliphatic heterocycles. The average Bonchev–Trinajstić information content (AvgIpc) is 3.00. The van der Waals surface area contributed by atoms with E-state index >= 15 is 0 Å². The third-order valence-corrected chi connectivity index (χ3v) is 4.78. The Morgan fingerprint density at radius 1 is 1.39 bits per heavy atom. The van der Waals surface area contributed by atoms with Gasteiger partial charge in [-0.15, -0.1) is 11.3 Å². The van der Waals surface area contributed by atoms with Crippen LogP contribution in [-0.4, -0.2) is 29.9 Å². The maximum atomic E-state index is 12.1. The Bertz CT molecular complexity index is 676. The van der Waals surface area contributed by atoms with Crippen LogP contribution in [0.25, 0.3) is 0 Å². The van der Waals surface area contributed by atoms with E-state index in [0.717, 1.165) is 19.5 Å². The van der Waals surface area contributed by atoms with E-state index in [4.69, 9.17) is 0 Å². The highest BCUT2D eigenvalue weighted by atomic mass is 32.1. The molecule has 3 heterocycles. The first-order chi connectivity index (χ1) is 11.2. The van der Waals surface area contributed by atoms with Crippen molar-refractivity contribution in [3.8, 4) is 0 Å². The zero-order chi connectivity index (χ0) is 16.1. The zero-order valence-corrected chi connectivity index (χ0v) is 13.4. The van der Waals surface area contributed by atoms with Crippen molar-refractivity contribution in [1.82, 2.24) is 15.6 Å². The largest absolute Gasteiger partial charge is 0.351 e. The molecular weight excluding hydrogens is 312 g/mol. The van der Waals surface area contributed by atoms with E-state index in [0.29, 0.717) is 17.1 Å². The van der Waals surface area contributed by atoms with Crippen LogP contribution < -0.4 is 16.0 Å². The number of thiophene rings is 1. The molecule has 0 unspecified atom stereocenters. The Balaban J connectivity index is 1.46. The number of nitrogens with zero attached hydrogens (tertiary/aromatic N) is 1. The van der Waals surface area contributed by atoms with Crippen LogP contribution in [0.3, 0.4) is 0 Å². The van der Waals surface area contributed by atoms with Gasteiger partial charge in [-0.1, -0.05) is 0 Å². The maximum absolute atomic E-state index is 12.1. The summed E-state index contributed by atoms with van der Waals surface area (Å²) in [5.74, 6) is -0.258. The molecule has 0 radical (unpaired) electrons. The molecule has 0 fully saturated rings. The zero-order valence-electron chi connectivity index (χ0n) is 12.6. The number of carbonyl (C=O) groups is 2. The van der Waals surface area contributed by atoms with E-state index in [-0.39, 0.29) is 18.2 Å². The lowest BCUT2D eigenvalue weighted by molar-refractivity contribution is -0.116. The van der Waals surface area contributed by atoms with Gasteiger partial charge in [0.1, 0.15) is 0 Å². The second kappa shape index (κ2) is 7.34. The molecule has 7 heteroatoms. The Morgan fingerprint density at radius 3 is 3.09 bits per heavy atom. The van der Waals surface area contributed by atoms with E-state index < -0.39 is 0 Å². The normalized spacial score (nSPS) is 13.2. The molecule has 120 valence electrons. The number of carbonyl (C=O) groups excluding carboxylic acids is 2. The molecule has 3 rings (SSSR count). The molecule has 2 aromatic rings. The van der Waals surface area contributed by atoms with E-state index in [9.17, 15) is 9.59 Å². The molecule has 0 aliphatic carbocycles. The molecule has 0 spiro atoms. The molecule has 1 aliphatic rings. The summed E-state index contributed by atoms with van der Waals surface area (Å²) in [6.45, 7) is 2.10. The van der Waals surface area contributed by atoms with Crippen LogP contribution in [0.4, 0.5) is 5.69 Å². The van der Waals surface area contributed by atoms with Gasteiger partial charge in [0.05, 0.1) is 16.8 Å². The number of rotatable bonds is 5. The van der Waals surface area contributed by atoms with E-state index in [1.165, 1.54) is 10.4 Å². The molecule has 0 aromatic carbocycles. The minimum absolute atomic E-state index is 0.112. The summed E-state index contributed by atoms with van der Waals surface area (Å²) in [6.07, 6.45) is 4.43. The quantitative estimate of drug-likeness (QED) is 0.777. The predicted octanol–water partition coefficient (Wildman–Crippen LogP) is 1.55. The molecule has 0 saturated carbocycles. The van der Waals surface area contributed by atoms with Crippen LogP contribution in [-0.2, 0) is 17.8 Å². The standard InChI is InChI=1S/C16H18N4O2S/c21-15(20-12-2-1-5-17-10-12)4-7-19-16(22)14-8-11-9-18-6-3-13(11)23-14/h1-2,5,8,10,18H,3-4,6-7,9H2,(H,19,22)(H,20,21). The fourth-order valence-corrected chi connectivity index (χ4v) is 3.50. The minimum Gasteiger partial charge on any atom is -0.351 e. The third kappa shape index (κ3) is 4.14. The first kappa shape index (κ1) is 15.6. The highest BCUT2D eigenvalue weighted by Gasteiger charge is 2.16. The highest BCUT2D eigenvalue weighted by molar-refractivity contribution is 7.14. The number of amides is 2. The van der Waals surface area contributed by atoms with Crippen molar-refractivity contribution in [2.75, 3.05) is 18.4 Å². The Kier molecular flexibility index (Phi) is 4.99. The Morgan fingerprint density at radius 2 is 2.30 bits per heavy atom. The lowest BCUT2D eigenvalue weighted by atomic mass is 10.1. The second-order valence-electron chi connectivity index (χ2n) is 5.28. The van der Waals surface area contributed by atoms with Gasteiger partial charge in [-0.3, -0.25) is 14.6 Å². The molecule has 6 nitrogen and oxygen atoms in total. The van der Waals surface area contributed by atoms with Crippen LogP contribution >= 0.6 is 11.3 Å². The van der Waals surface area contributed by atoms with E-state index in [1.54, 1.807) is 35.9 Å². The number of pyridine rings is 1. The number of hydrogen-bond donors (Lipinski definition) is 3. The summed E-state index contributed by atoms with van der Waals surface area (Å²) in [4.78, 5) is 29.9. The molecule has 23 heavy (non-hydrogen) atoms. The molecule has 2 amide bonds. The summed E-state index contributed by atoms with van der Waals surface area (Å²) in [7, 11) is 0. The van der Waals surface area contributed by atoms with Crippen molar-refractivity contribution < 1.29 is 9.59 Å². The summed E-state index contributed by atoms with van der Waals surface area (Å²) >= 11 is 1.54. The van der Waals surface area contributed by atoms with Gasteiger partial charge >= 0.3 is 0 Å². The van der Waals surface area contributed by atoms with Crippen molar-refractivity contribution in [3.05, 3.63) is 45.9 Å². The summed E-state index contributed by atoms with van der Waals surface area (Å²) in [6, 6.07) is 5.47. The fraction of sp³-hybridized carbons (Fsp3) is 0.312. The number of nitrogens with one attached hydrogen (secondary N) is 3. The van der Waals surface area contributed by atoms with Gasteiger partial charge < -0.3 is 16.0 Å². The molecular formula is C16H18N4O2S. The lowest BCUT2D eigenvalue weighted by Gasteiger charge is -2.10. The average molecular weight is 330 g/mol. The van der Waals surface area contributed by atoms with Crippen molar-refractivity contribution in [2.45, 2.75) is 19.4 Å². The topological polar surface area (TPSA) is 83.1 Å². The number of anilines is 1. The Labute approximate surface area is 138 Å². The monoisotopic (exact) mass is 330 g/mol. The SMILES string of the molecule is O=C(CCNC(=O)c1cc2c(s1)CCNC2)Nc1cccnc1. The van der Waals surface area contributed by atoms with E-state index in [2.05, 4.69) is 20.9 Å². The number of aromatic nitrogens is 1. The van der Waals surface area contributed by atoms with Crippen molar-refractivity contribution in [2.24, 2.45) is 0 Å². The van der Waals surface area contributed by atoms with Gasteiger partial charge in [-0.25, -0.2) is 0 Å². The summed E-state index contributed by atoms with van der Waals surface area (Å²) < 4.78 is 0. The van der Waals surface area contributed by atoms with Crippen molar-refractivity contribution >= 4 is 28.8 Å². The molecule has 0 atom stereocenters. The minimum atomic E-state index is -0.145. The smallest absolute Gasteiger partial charge is 0.261 e. The van der Waals surface area contributed by atoms with Gasteiger partial charge in [-0.2, -0.15) is 0 Å². The third-order valence-electron chi connectivity index (χ3n) is 3.55. The summed E-state index contributed by atoms with van der Waals surface area (Å²) in [5, 5.41) is 8.83. The first-order valence-electron chi connectivity index (χ1n) is 7.53. The van der Waals surface area contributed by atoms with Crippen molar-refractivity contribution in [1.29, 1.82) is 0 Å². The first-order valence-corrected chi connectivity index (χ1v) is 8.34. The van der Waals surface area contributed by atoms with Crippen LogP contribution in [0.15, 0.2) is 30.6 Å². The highest BCUT2D eigenvalue weighted by Crippen LogP contribution is 2.25. The number of hydrogen-bond acceptors (Lipinski definition) is 5. The lowest BCUT2D eigenvalue weighted by Crippen LogP contribution is -2.27. The van der Waals surface area contributed by atoms with Crippen LogP contribution in [0.2, 0.25) is 0 Å². The van der Waals surface area contributed by atoms with Gasteiger partial charge in [0, 0.05) is 37.1 Å². The van der Waals surface area contributed by atoms with Crippen molar-refractivity contribution in [3.63, 3.8) is 0 Å². The maximum Gasteiger partial charge on any atom is 0.261 e. The van der Waals surface area contributed by atoms with Gasteiger partial charge in [0.25, 0.3) is 5.91 Å². The van der Waals surface area contributed by atoms with Crippen LogP contribution in [0.5, 0.6) is 0 Å². The predicted molar refractivity (Wildman–Crippen MR) is 89.5 cm³/mol. The van der Waals surface area contributed by atoms with Gasteiger partial charge in [0.15, 0.2) is 0 Å². The van der Waals surface area contributed by atoms with Crippen LogP contribution in [0, 0.1) is 0 Å². The molecule has 2 aromatic heterocycles. The molecule has 0 saturated heterocycles. The fourth-order valence-electron chi connectivity index (χ4n) is 2.40. The molecule has 0 bridgehead atoms. The molecule has 3 N–H and O–H groups in total.